The first kappa shape index (κ1) is 12.5. The van der Waals surface area contributed by atoms with Gasteiger partial charge in [0.05, 0.1) is 0 Å². The van der Waals surface area contributed by atoms with Crippen LogP contribution < -0.4 is 0 Å². The molecule has 0 saturated heterocycles. The highest BCUT2D eigenvalue weighted by Gasteiger charge is 2.34. The van der Waals surface area contributed by atoms with Gasteiger partial charge < -0.3 is 4.74 Å². The van der Waals surface area contributed by atoms with Gasteiger partial charge >= 0.3 is 0 Å². The van der Waals surface area contributed by atoms with Crippen molar-refractivity contribution in [2.75, 3.05) is 0 Å². The highest BCUT2D eigenvalue weighted by Crippen LogP contribution is 2.47. The van der Waals surface area contributed by atoms with E-state index in [2.05, 4.69) is 32.9 Å². The van der Waals surface area contributed by atoms with Gasteiger partial charge in [-0.15, -0.1) is 0 Å². The standard InChI is InChI=1S/C16H23O/c1-4-7-12-10-11-13-14(8-5-2)17-15(9-6-3)16(12)13/h10-11H,4-9H2,1-3H3. The molecule has 0 aromatic heterocycles. The molecule has 0 saturated carbocycles. The van der Waals surface area contributed by atoms with Crippen LogP contribution in [-0.2, 0) is 4.74 Å². The van der Waals surface area contributed by atoms with Crippen molar-refractivity contribution in [2.45, 2.75) is 59.3 Å². The predicted molar refractivity (Wildman–Crippen MR) is 72.2 cm³/mol. The maximum atomic E-state index is 6.07. The average molecular weight is 231 g/mol. The van der Waals surface area contributed by atoms with Crippen LogP contribution in [0.1, 0.15) is 59.3 Å². The molecule has 1 heterocycles. The number of allylic oxidation sites excluding steroid dienone is 4. The van der Waals surface area contributed by atoms with E-state index >= 15 is 0 Å². The van der Waals surface area contributed by atoms with E-state index in [0.717, 1.165) is 25.7 Å². The van der Waals surface area contributed by atoms with Crippen molar-refractivity contribution in [3.05, 3.63) is 40.7 Å². The van der Waals surface area contributed by atoms with Crippen molar-refractivity contribution in [3.8, 4) is 0 Å². The van der Waals surface area contributed by atoms with Crippen LogP contribution in [0, 0.1) is 6.10 Å². The molecule has 2 aliphatic rings. The van der Waals surface area contributed by atoms with Crippen LogP contribution in [-0.4, -0.2) is 0 Å². The van der Waals surface area contributed by atoms with Crippen molar-refractivity contribution < 1.29 is 4.74 Å². The third-order valence-electron chi connectivity index (χ3n) is 3.34. The Hall–Kier alpha value is -0.980. The number of ether oxygens (including phenoxy) is 1. The lowest BCUT2D eigenvalue weighted by atomic mass is 9.95. The van der Waals surface area contributed by atoms with Crippen LogP contribution in [0.3, 0.4) is 0 Å². The molecule has 0 spiro atoms. The third-order valence-corrected chi connectivity index (χ3v) is 3.34. The second-order valence-electron chi connectivity index (χ2n) is 4.85. The van der Waals surface area contributed by atoms with Gasteiger partial charge in [-0.05, 0) is 24.8 Å². The molecule has 1 aliphatic heterocycles. The Bertz CT molecular complexity index is 371. The van der Waals surface area contributed by atoms with E-state index < -0.39 is 0 Å². The number of hydrogen-bond donors (Lipinski definition) is 0. The topological polar surface area (TPSA) is 9.23 Å². The average Bonchev–Trinajstić information content (AvgIpc) is 2.85. The fraction of sp³-hybridized carbons (Fsp3) is 0.562. The Kier molecular flexibility index (Phi) is 4.09. The molecule has 0 amide bonds. The summed E-state index contributed by atoms with van der Waals surface area (Å²) in [5.74, 6) is 1.22. The second-order valence-corrected chi connectivity index (χ2v) is 4.85. The van der Waals surface area contributed by atoms with Gasteiger partial charge in [-0.25, -0.2) is 0 Å². The number of fused-ring (bicyclic) bond motifs is 1. The van der Waals surface area contributed by atoms with Gasteiger partial charge in [-0.2, -0.15) is 0 Å². The van der Waals surface area contributed by atoms with Gasteiger partial charge in [-0.1, -0.05) is 45.8 Å². The molecule has 0 atom stereocenters. The monoisotopic (exact) mass is 231 g/mol. The Morgan fingerprint density at radius 1 is 0.882 bits per heavy atom. The van der Waals surface area contributed by atoms with E-state index in [4.69, 9.17) is 4.74 Å². The fourth-order valence-electron chi connectivity index (χ4n) is 2.63. The maximum absolute atomic E-state index is 6.07. The molecule has 0 aromatic carbocycles. The van der Waals surface area contributed by atoms with Crippen molar-refractivity contribution >= 4 is 0 Å². The molecule has 1 aliphatic carbocycles. The summed E-state index contributed by atoms with van der Waals surface area (Å²) in [6.07, 6.45) is 12.6. The van der Waals surface area contributed by atoms with Gasteiger partial charge in [0, 0.05) is 17.6 Å². The molecule has 0 N–H and O–H groups in total. The summed E-state index contributed by atoms with van der Waals surface area (Å²) in [4.78, 5) is 0. The van der Waals surface area contributed by atoms with Crippen molar-refractivity contribution in [1.29, 1.82) is 0 Å². The first-order valence-corrected chi connectivity index (χ1v) is 7.00. The molecule has 0 fully saturated rings. The normalized spacial score (nSPS) is 19.2. The first-order chi connectivity index (χ1) is 8.31. The van der Waals surface area contributed by atoms with Crippen LogP contribution in [0.15, 0.2) is 34.6 Å². The van der Waals surface area contributed by atoms with Crippen molar-refractivity contribution in [2.24, 2.45) is 0 Å². The SMILES string of the molecule is CCC[C]1OC(CCC)=C2C(CCC)=CC=C12. The van der Waals surface area contributed by atoms with Crippen molar-refractivity contribution in [3.63, 3.8) is 0 Å². The van der Waals surface area contributed by atoms with Crippen molar-refractivity contribution in [1.82, 2.24) is 0 Å². The Morgan fingerprint density at radius 3 is 2.24 bits per heavy atom. The quantitative estimate of drug-likeness (QED) is 0.620. The molecular formula is C16H23O. The predicted octanol–water partition coefficient (Wildman–Crippen LogP) is 5.07. The summed E-state index contributed by atoms with van der Waals surface area (Å²) >= 11 is 0. The van der Waals surface area contributed by atoms with Gasteiger partial charge in [0.25, 0.3) is 0 Å². The highest BCUT2D eigenvalue weighted by molar-refractivity contribution is 5.63. The maximum Gasteiger partial charge on any atom is 0.178 e. The van der Waals surface area contributed by atoms with Crippen LogP contribution in [0.2, 0.25) is 0 Å². The smallest absolute Gasteiger partial charge is 0.178 e. The Morgan fingerprint density at radius 2 is 1.59 bits per heavy atom. The summed E-state index contributed by atoms with van der Waals surface area (Å²) < 4.78 is 6.07. The molecule has 1 heteroatoms. The minimum atomic E-state index is 1.07. The molecular weight excluding hydrogens is 208 g/mol. The minimum Gasteiger partial charge on any atom is -0.482 e. The lowest BCUT2D eigenvalue weighted by Crippen LogP contribution is -1.97. The molecule has 0 bridgehead atoms. The van der Waals surface area contributed by atoms with Crippen LogP contribution in [0.5, 0.6) is 0 Å². The molecule has 2 rings (SSSR count). The van der Waals surface area contributed by atoms with Crippen LogP contribution >= 0.6 is 0 Å². The second kappa shape index (κ2) is 5.57. The van der Waals surface area contributed by atoms with E-state index in [1.54, 1.807) is 0 Å². The van der Waals surface area contributed by atoms with E-state index in [1.165, 1.54) is 41.4 Å². The van der Waals surface area contributed by atoms with E-state index in [-0.39, 0.29) is 0 Å². The molecule has 17 heavy (non-hydrogen) atoms. The highest BCUT2D eigenvalue weighted by atomic mass is 16.5. The summed E-state index contributed by atoms with van der Waals surface area (Å²) in [6, 6.07) is 0. The molecule has 0 unspecified atom stereocenters. The molecule has 0 aromatic rings. The zero-order chi connectivity index (χ0) is 12.3. The van der Waals surface area contributed by atoms with E-state index in [9.17, 15) is 0 Å². The number of rotatable bonds is 6. The van der Waals surface area contributed by atoms with E-state index in [1.807, 2.05) is 0 Å². The van der Waals surface area contributed by atoms with Gasteiger partial charge in [0.1, 0.15) is 5.76 Å². The number of hydrogen-bond acceptors (Lipinski definition) is 1. The lowest BCUT2D eigenvalue weighted by molar-refractivity contribution is 0.235. The van der Waals surface area contributed by atoms with E-state index in [0.29, 0.717) is 0 Å². The summed E-state index contributed by atoms with van der Waals surface area (Å²) in [7, 11) is 0. The molecule has 1 radical (unpaired) electrons. The Balaban J connectivity index is 2.21. The Labute approximate surface area is 105 Å². The lowest BCUT2D eigenvalue weighted by Gasteiger charge is -2.10. The minimum absolute atomic E-state index is 1.07. The summed E-state index contributed by atoms with van der Waals surface area (Å²) in [5.41, 5.74) is 4.29. The van der Waals surface area contributed by atoms with Crippen LogP contribution in [0.25, 0.3) is 0 Å². The molecule has 1 nitrogen and oxygen atoms in total. The van der Waals surface area contributed by atoms with Gasteiger partial charge in [0.2, 0.25) is 0 Å². The molecule has 93 valence electrons. The van der Waals surface area contributed by atoms with Crippen LogP contribution in [0.4, 0.5) is 0 Å². The summed E-state index contributed by atoms with van der Waals surface area (Å²) in [6.45, 7) is 6.67. The largest absolute Gasteiger partial charge is 0.482 e. The zero-order valence-corrected chi connectivity index (χ0v) is 11.3. The van der Waals surface area contributed by atoms with Gasteiger partial charge in [-0.3, -0.25) is 0 Å². The third kappa shape index (κ3) is 2.34. The van der Waals surface area contributed by atoms with Gasteiger partial charge in [0.15, 0.2) is 6.10 Å². The zero-order valence-electron chi connectivity index (χ0n) is 11.3. The fourth-order valence-corrected chi connectivity index (χ4v) is 2.63. The summed E-state index contributed by atoms with van der Waals surface area (Å²) in [5, 5.41) is 0. The first-order valence-electron chi connectivity index (χ1n) is 7.00.